The zero-order valence-electron chi connectivity index (χ0n) is 20.2. The minimum Gasteiger partial charge on any atom is -0.405 e. The Hall–Kier alpha value is -3.78. The van der Waals surface area contributed by atoms with E-state index in [9.17, 15) is 23.1 Å². The molecule has 0 aliphatic heterocycles. The summed E-state index contributed by atoms with van der Waals surface area (Å²) in [7, 11) is 0. The van der Waals surface area contributed by atoms with Gasteiger partial charge in [-0.1, -0.05) is 42.5 Å². The van der Waals surface area contributed by atoms with Crippen molar-refractivity contribution in [3.63, 3.8) is 0 Å². The highest BCUT2D eigenvalue weighted by Crippen LogP contribution is 2.34. The van der Waals surface area contributed by atoms with Crippen LogP contribution in [0.5, 0.6) is 5.75 Å². The molecule has 0 aliphatic carbocycles. The molecule has 188 valence electrons. The van der Waals surface area contributed by atoms with Gasteiger partial charge in [0.1, 0.15) is 5.75 Å². The average Bonchev–Trinajstić information content (AvgIpc) is 3.21. The lowest BCUT2D eigenvalue weighted by molar-refractivity contribution is -0.274. The lowest BCUT2D eigenvalue weighted by atomic mass is 9.91. The minimum absolute atomic E-state index is 0.255. The molecule has 3 N–H and O–H groups in total. The number of nitrogens with one attached hydrogen (secondary N) is 2. The standard InChI is InChI=1S/C28H27F3N2O3/c1-17-7-6-8-18(2)25(17)19-11-12-24(36-28(29,30)31)22(13-19)26(35)33-27(3,16-34)14-20-15-32-23-10-5-4-9-21(20)23/h4-13,15,32,34H,14,16H2,1-3H3,(H,33,35). The molecule has 4 aromatic rings. The maximum absolute atomic E-state index is 13.4. The third-order valence-electron chi connectivity index (χ3n) is 6.24. The molecule has 5 nitrogen and oxygen atoms in total. The van der Waals surface area contributed by atoms with E-state index in [1.165, 1.54) is 12.1 Å². The maximum atomic E-state index is 13.4. The summed E-state index contributed by atoms with van der Waals surface area (Å²) in [6.07, 6.45) is -2.92. The Kier molecular flexibility index (Phi) is 6.82. The van der Waals surface area contributed by atoms with Crippen LogP contribution >= 0.6 is 0 Å². The topological polar surface area (TPSA) is 74.3 Å². The van der Waals surface area contributed by atoms with Gasteiger partial charge in [0.2, 0.25) is 0 Å². The fourth-order valence-electron chi connectivity index (χ4n) is 4.53. The van der Waals surface area contributed by atoms with Gasteiger partial charge in [-0.3, -0.25) is 4.79 Å². The van der Waals surface area contributed by atoms with Gasteiger partial charge in [0, 0.05) is 17.1 Å². The first-order valence-corrected chi connectivity index (χ1v) is 11.4. The number of H-pyrrole nitrogens is 1. The summed E-state index contributed by atoms with van der Waals surface area (Å²) < 4.78 is 43.6. The molecule has 0 aliphatic rings. The molecule has 36 heavy (non-hydrogen) atoms. The van der Waals surface area contributed by atoms with E-state index in [0.717, 1.165) is 39.2 Å². The molecule has 0 radical (unpaired) electrons. The lowest BCUT2D eigenvalue weighted by Crippen LogP contribution is -2.50. The van der Waals surface area contributed by atoms with Crippen LogP contribution in [0.25, 0.3) is 22.0 Å². The van der Waals surface area contributed by atoms with Crippen molar-refractivity contribution in [1.29, 1.82) is 0 Å². The molecule has 0 fully saturated rings. The summed E-state index contributed by atoms with van der Waals surface area (Å²) in [6, 6.07) is 17.3. The SMILES string of the molecule is Cc1cccc(C)c1-c1ccc(OC(F)(F)F)c(C(=O)NC(C)(CO)Cc2c[nH]c3ccccc23)c1. The number of halogens is 3. The minimum atomic E-state index is -4.97. The average molecular weight is 497 g/mol. The van der Waals surface area contributed by atoms with Gasteiger partial charge in [-0.2, -0.15) is 0 Å². The highest BCUT2D eigenvalue weighted by atomic mass is 19.4. The molecule has 1 atom stereocenters. The molecule has 0 bridgehead atoms. The third-order valence-corrected chi connectivity index (χ3v) is 6.24. The number of aromatic nitrogens is 1. The summed E-state index contributed by atoms with van der Waals surface area (Å²) >= 11 is 0. The number of rotatable bonds is 7. The van der Waals surface area contributed by atoms with E-state index in [-0.39, 0.29) is 12.0 Å². The number of benzene rings is 3. The van der Waals surface area contributed by atoms with Crippen LogP contribution in [0, 0.1) is 13.8 Å². The molecule has 4 rings (SSSR count). The van der Waals surface area contributed by atoms with Gasteiger partial charge in [0.15, 0.2) is 0 Å². The second-order valence-corrected chi connectivity index (χ2v) is 9.23. The number of aryl methyl sites for hydroxylation is 2. The summed E-state index contributed by atoms with van der Waals surface area (Å²) in [5, 5.41) is 13.9. The summed E-state index contributed by atoms with van der Waals surface area (Å²) in [4.78, 5) is 16.5. The van der Waals surface area contributed by atoms with E-state index in [2.05, 4.69) is 15.0 Å². The summed E-state index contributed by atoms with van der Waals surface area (Å²) in [5.74, 6) is -1.39. The Labute approximate surface area is 206 Å². The van der Waals surface area contributed by atoms with Crippen LogP contribution in [0.3, 0.4) is 0 Å². The smallest absolute Gasteiger partial charge is 0.405 e. The number of carbonyl (C=O) groups is 1. The number of aromatic amines is 1. The van der Waals surface area contributed by atoms with Crippen molar-refractivity contribution in [3.05, 3.63) is 89.1 Å². The van der Waals surface area contributed by atoms with Crippen molar-refractivity contribution in [3.8, 4) is 16.9 Å². The lowest BCUT2D eigenvalue weighted by Gasteiger charge is -2.29. The van der Waals surface area contributed by atoms with Crippen molar-refractivity contribution >= 4 is 16.8 Å². The van der Waals surface area contributed by atoms with Crippen LogP contribution < -0.4 is 10.1 Å². The highest BCUT2D eigenvalue weighted by Gasteiger charge is 2.34. The molecular weight excluding hydrogens is 469 g/mol. The van der Waals surface area contributed by atoms with Gasteiger partial charge in [-0.15, -0.1) is 13.2 Å². The molecule has 0 saturated heterocycles. The first-order valence-electron chi connectivity index (χ1n) is 11.4. The fourth-order valence-corrected chi connectivity index (χ4v) is 4.53. The number of hydrogen-bond donors (Lipinski definition) is 3. The zero-order chi connectivity index (χ0) is 26.1. The van der Waals surface area contributed by atoms with Gasteiger partial charge in [-0.25, -0.2) is 0 Å². The number of hydrogen-bond acceptors (Lipinski definition) is 3. The van der Waals surface area contributed by atoms with Crippen molar-refractivity contribution in [2.45, 2.75) is 39.1 Å². The molecule has 1 unspecified atom stereocenters. The van der Waals surface area contributed by atoms with E-state index in [0.29, 0.717) is 5.56 Å². The van der Waals surface area contributed by atoms with Gasteiger partial charge in [0.05, 0.1) is 17.7 Å². The second kappa shape index (κ2) is 9.70. The summed E-state index contributed by atoms with van der Waals surface area (Å²) in [5.41, 5.74) is 3.61. The van der Waals surface area contributed by atoms with Crippen LogP contribution in [-0.2, 0) is 6.42 Å². The highest BCUT2D eigenvalue weighted by molar-refractivity contribution is 5.99. The number of aliphatic hydroxyl groups is 1. The van der Waals surface area contributed by atoms with E-state index < -0.39 is 30.2 Å². The number of amides is 1. The van der Waals surface area contributed by atoms with E-state index in [4.69, 9.17) is 0 Å². The number of fused-ring (bicyclic) bond motifs is 1. The van der Waals surface area contributed by atoms with Crippen molar-refractivity contribution in [2.75, 3.05) is 6.61 Å². The van der Waals surface area contributed by atoms with E-state index in [1.807, 2.05) is 56.3 Å². The van der Waals surface area contributed by atoms with E-state index >= 15 is 0 Å². The van der Waals surface area contributed by atoms with Crippen molar-refractivity contribution < 1.29 is 27.8 Å². The number of aliphatic hydroxyl groups excluding tert-OH is 1. The summed E-state index contributed by atoms with van der Waals surface area (Å²) in [6.45, 7) is 5.01. The van der Waals surface area contributed by atoms with Crippen LogP contribution in [0.4, 0.5) is 13.2 Å². The van der Waals surface area contributed by atoms with E-state index in [1.54, 1.807) is 13.1 Å². The predicted molar refractivity (Wildman–Crippen MR) is 133 cm³/mol. The van der Waals surface area contributed by atoms with Crippen LogP contribution in [0.2, 0.25) is 0 Å². The first kappa shape index (κ1) is 25.3. The predicted octanol–water partition coefficient (Wildman–Crippen LogP) is 6.07. The molecule has 3 aromatic carbocycles. The Morgan fingerprint density at radius 2 is 1.72 bits per heavy atom. The Morgan fingerprint density at radius 1 is 1.03 bits per heavy atom. The van der Waals surface area contributed by atoms with Gasteiger partial charge >= 0.3 is 6.36 Å². The number of carbonyl (C=O) groups excluding carboxylic acids is 1. The molecule has 0 spiro atoms. The molecule has 1 aromatic heterocycles. The second-order valence-electron chi connectivity index (χ2n) is 9.23. The number of alkyl halides is 3. The Bertz CT molecular complexity index is 1390. The Morgan fingerprint density at radius 3 is 2.39 bits per heavy atom. The van der Waals surface area contributed by atoms with Gasteiger partial charge in [0.25, 0.3) is 5.91 Å². The monoisotopic (exact) mass is 496 g/mol. The van der Waals surface area contributed by atoms with Crippen LogP contribution in [0.1, 0.15) is 34.0 Å². The van der Waals surface area contributed by atoms with Crippen LogP contribution in [-0.4, -0.2) is 34.5 Å². The number of para-hydroxylation sites is 1. The van der Waals surface area contributed by atoms with Gasteiger partial charge in [-0.05, 0) is 73.2 Å². The third kappa shape index (κ3) is 5.39. The van der Waals surface area contributed by atoms with Crippen molar-refractivity contribution in [2.24, 2.45) is 0 Å². The first-order chi connectivity index (χ1) is 17.0. The molecule has 0 saturated carbocycles. The molecule has 8 heteroatoms. The van der Waals surface area contributed by atoms with Crippen molar-refractivity contribution in [1.82, 2.24) is 10.3 Å². The molecule has 1 amide bonds. The Balaban J connectivity index is 1.71. The largest absolute Gasteiger partial charge is 0.573 e. The quantitative estimate of drug-likeness (QED) is 0.291. The zero-order valence-corrected chi connectivity index (χ0v) is 20.2. The number of ether oxygens (including phenoxy) is 1. The normalized spacial score (nSPS) is 13.4. The maximum Gasteiger partial charge on any atom is 0.573 e. The van der Waals surface area contributed by atoms with Gasteiger partial charge < -0.3 is 20.1 Å². The molecule has 1 heterocycles. The molecular formula is C28H27F3N2O3. The fraction of sp³-hybridized carbons (Fsp3) is 0.250. The van der Waals surface area contributed by atoms with Crippen LogP contribution in [0.15, 0.2) is 66.9 Å².